The number of benzene rings is 1. The van der Waals surface area contributed by atoms with Crippen LogP contribution in [0.4, 0.5) is 29.5 Å². The van der Waals surface area contributed by atoms with Gasteiger partial charge in [-0.15, -0.1) is 0 Å². The Hall–Kier alpha value is -5.01. The predicted octanol–water partition coefficient (Wildman–Crippen LogP) is 6.36. The van der Waals surface area contributed by atoms with E-state index in [1.54, 1.807) is 32.9 Å². The van der Waals surface area contributed by atoms with Crippen LogP contribution in [0.1, 0.15) is 60.2 Å². The molecule has 1 saturated carbocycles. The Balaban J connectivity index is 1.41. The highest BCUT2D eigenvalue weighted by atomic mass is 19.4. The number of nitrogens with one attached hydrogen (secondary N) is 2. The lowest BCUT2D eigenvalue weighted by molar-refractivity contribution is -0.140. The van der Waals surface area contributed by atoms with E-state index in [9.17, 15) is 27.6 Å². The fraction of sp³-hybridized carbons (Fsp3) is 0.310. The molecule has 0 radical (unpaired) electrons. The lowest BCUT2D eigenvalue weighted by Gasteiger charge is -2.27. The quantitative estimate of drug-likeness (QED) is 0.224. The summed E-state index contributed by atoms with van der Waals surface area (Å²) in [6.07, 6.45) is -0.493. The van der Waals surface area contributed by atoms with E-state index in [-0.39, 0.29) is 28.4 Å². The van der Waals surface area contributed by atoms with Crippen LogP contribution in [-0.4, -0.2) is 50.6 Å². The van der Waals surface area contributed by atoms with Gasteiger partial charge in [0.15, 0.2) is 11.4 Å². The van der Waals surface area contributed by atoms with Gasteiger partial charge in [-0.25, -0.2) is 14.8 Å². The average molecular weight is 597 g/mol. The van der Waals surface area contributed by atoms with Gasteiger partial charge in [-0.1, -0.05) is 18.2 Å². The van der Waals surface area contributed by atoms with E-state index in [2.05, 4.69) is 20.4 Å². The minimum atomic E-state index is -4.88. The van der Waals surface area contributed by atoms with Crippen molar-refractivity contribution in [1.29, 1.82) is 0 Å². The number of halogens is 3. The van der Waals surface area contributed by atoms with E-state index in [0.29, 0.717) is 30.1 Å². The SMILES string of the molecule is CC(C)(C)OC(=O)N(CC1CC1)c1cc(-c2nc(C(=O)Nc3c(-c4cccc(C=O)c4)n[nH]c3C(F)(F)F)co2)ccn1. The fourth-order valence-corrected chi connectivity index (χ4v) is 4.16. The summed E-state index contributed by atoms with van der Waals surface area (Å²) in [4.78, 5) is 47.1. The molecular formula is C29H27F3N6O5. The Kier molecular flexibility index (Phi) is 7.78. The second-order valence-corrected chi connectivity index (χ2v) is 11.0. The summed E-state index contributed by atoms with van der Waals surface area (Å²) >= 11 is 0. The van der Waals surface area contributed by atoms with Gasteiger partial charge in [0.2, 0.25) is 5.89 Å². The van der Waals surface area contributed by atoms with Crippen molar-refractivity contribution in [1.82, 2.24) is 20.2 Å². The fourth-order valence-electron chi connectivity index (χ4n) is 4.16. The van der Waals surface area contributed by atoms with Crippen molar-refractivity contribution >= 4 is 29.8 Å². The zero-order valence-electron chi connectivity index (χ0n) is 23.4. The maximum atomic E-state index is 13.8. The van der Waals surface area contributed by atoms with Crippen molar-refractivity contribution < 1.29 is 36.7 Å². The number of hydrogen-bond acceptors (Lipinski definition) is 8. The number of ether oxygens (including phenoxy) is 1. The number of carbonyl (C=O) groups excluding carboxylic acids is 3. The number of amides is 2. The summed E-state index contributed by atoms with van der Waals surface area (Å²) in [6, 6.07) is 8.86. The zero-order valence-corrected chi connectivity index (χ0v) is 23.4. The van der Waals surface area contributed by atoms with E-state index in [4.69, 9.17) is 9.15 Å². The Bertz CT molecular complexity index is 1670. The zero-order chi connectivity index (χ0) is 30.9. The molecule has 1 fully saturated rings. The Labute approximate surface area is 243 Å². The van der Waals surface area contributed by atoms with Crippen molar-refractivity contribution in [2.24, 2.45) is 5.92 Å². The maximum Gasteiger partial charge on any atom is 0.434 e. The molecule has 0 atom stereocenters. The number of pyridine rings is 1. The number of aldehydes is 1. The number of hydrogen-bond donors (Lipinski definition) is 2. The molecule has 0 aliphatic heterocycles. The lowest BCUT2D eigenvalue weighted by Crippen LogP contribution is -2.38. The number of rotatable bonds is 8. The van der Waals surface area contributed by atoms with Crippen molar-refractivity contribution in [2.75, 3.05) is 16.8 Å². The molecule has 43 heavy (non-hydrogen) atoms. The molecule has 1 aromatic carbocycles. The van der Waals surface area contributed by atoms with Gasteiger partial charge >= 0.3 is 12.3 Å². The van der Waals surface area contributed by atoms with Gasteiger partial charge in [-0.05, 0) is 57.7 Å². The summed E-state index contributed by atoms with van der Waals surface area (Å²) in [5.41, 5.74) is -2.40. The summed E-state index contributed by atoms with van der Waals surface area (Å²) in [6.45, 7) is 5.69. The third kappa shape index (κ3) is 6.90. The Morgan fingerprint density at radius 1 is 1.16 bits per heavy atom. The number of carbonyl (C=O) groups is 3. The number of aromatic amines is 1. The van der Waals surface area contributed by atoms with E-state index in [1.165, 1.54) is 35.4 Å². The molecule has 0 bridgehead atoms. The van der Waals surface area contributed by atoms with E-state index >= 15 is 0 Å². The molecule has 1 aliphatic rings. The highest BCUT2D eigenvalue weighted by molar-refractivity contribution is 6.05. The molecule has 3 aromatic heterocycles. The van der Waals surface area contributed by atoms with E-state index in [0.717, 1.165) is 19.1 Å². The third-order valence-electron chi connectivity index (χ3n) is 6.34. The van der Waals surface area contributed by atoms with E-state index in [1.807, 2.05) is 5.10 Å². The van der Waals surface area contributed by atoms with Crippen molar-refractivity contribution in [2.45, 2.75) is 45.4 Å². The number of aromatic nitrogens is 4. The first-order chi connectivity index (χ1) is 20.3. The Morgan fingerprint density at radius 3 is 2.60 bits per heavy atom. The molecule has 3 heterocycles. The first kappa shape index (κ1) is 29.5. The topological polar surface area (TPSA) is 143 Å². The second kappa shape index (κ2) is 11.3. The van der Waals surface area contributed by atoms with Crippen LogP contribution in [0.5, 0.6) is 0 Å². The second-order valence-electron chi connectivity index (χ2n) is 11.0. The van der Waals surface area contributed by atoms with Crippen molar-refractivity contribution in [3.05, 3.63) is 65.8 Å². The van der Waals surface area contributed by atoms with Crippen LogP contribution in [0.3, 0.4) is 0 Å². The molecule has 1 aliphatic carbocycles. The van der Waals surface area contributed by atoms with Crippen LogP contribution < -0.4 is 10.2 Å². The normalized spacial score (nSPS) is 13.4. The molecule has 2 amide bonds. The first-order valence-electron chi connectivity index (χ1n) is 13.3. The standard InChI is InChI=1S/C29H27F3N6O5/c1-28(2,3)43-27(41)38(13-16-7-8-16)21-12-19(9-10-33-21)26-34-20(15-42-26)25(40)35-23-22(36-37-24(23)29(30,31)32)18-6-4-5-17(11-18)14-39/h4-6,9-12,14-16H,7-8,13H2,1-3H3,(H,35,40)(H,36,37). The number of nitrogens with zero attached hydrogens (tertiary/aromatic N) is 4. The van der Waals surface area contributed by atoms with Crippen LogP contribution in [0, 0.1) is 5.92 Å². The number of anilines is 2. The average Bonchev–Trinajstić information content (AvgIpc) is 3.44. The first-order valence-corrected chi connectivity index (χ1v) is 13.3. The summed E-state index contributed by atoms with van der Waals surface area (Å²) in [7, 11) is 0. The van der Waals surface area contributed by atoms with Gasteiger partial charge in [0.25, 0.3) is 5.91 Å². The van der Waals surface area contributed by atoms with Gasteiger partial charge in [-0.2, -0.15) is 18.3 Å². The number of H-pyrrole nitrogens is 1. The molecule has 0 spiro atoms. The third-order valence-corrected chi connectivity index (χ3v) is 6.34. The number of oxazole rings is 1. The summed E-state index contributed by atoms with van der Waals surface area (Å²) in [5, 5.41) is 7.90. The smallest absolute Gasteiger partial charge is 0.434 e. The minimum Gasteiger partial charge on any atom is -0.444 e. The molecule has 0 unspecified atom stereocenters. The molecule has 2 N–H and O–H groups in total. The van der Waals surface area contributed by atoms with Crippen molar-refractivity contribution in [3.8, 4) is 22.7 Å². The maximum absolute atomic E-state index is 13.8. The minimum absolute atomic E-state index is 0.0218. The largest absolute Gasteiger partial charge is 0.444 e. The van der Waals surface area contributed by atoms with Crippen LogP contribution in [0.25, 0.3) is 22.7 Å². The number of alkyl halides is 3. The molecule has 4 aromatic rings. The lowest BCUT2D eigenvalue weighted by atomic mass is 10.1. The van der Waals surface area contributed by atoms with Crippen LogP contribution in [-0.2, 0) is 10.9 Å². The Morgan fingerprint density at radius 2 is 1.93 bits per heavy atom. The van der Waals surface area contributed by atoms with Crippen LogP contribution >= 0.6 is 0 Å². The molecule has 11 nitrogen and oxygen atoms in total. The van der Waals surface area contributed by atoms with E-state index < -0.39 is 35.2 Å². The van der Waals surface area contributed by atoms with Gasteiger partial charge in [0, 0.05) is 29.4 Å². The van der Waals surface area contributed by atoms with Crippen molar-refractivity contribution in [3.63, 3.8) is 0 Å². The monoisotopic (exact) mass is 596 g/mol. The van der Waals surface area contributed by atoms with Gasteiger partial charge in [-0.3, -0.25) is 19.6 Å². The molecule has 5 rings (SSSR count). The molecule has 224 valence electrons. The highest BCUT2D eigenvalue weighted by Crippen LogP contribution is 2.39. The molecule has 14 heteroatoms. The predicted molar refractivity (Wildman–Crippen MR) is 148 cm³/mol. The summed E-state index contributed by atoms with van der Waals surface area (Å²) in [5.74, 6) is -0.400. The highest BCUT2D eigenvalue weighted by Gasteiger charge is 2.39. The molecule has 0 saturated heterocycles. The van der Waals surface area contributed by atoms with Gasteiger partial charge in [0.05, 0.1) is 0 Å². The summed E-state index contributed by atoms with van der Waals surface area (Å²) < 4.78 is 52.4. The van der Waals surface area contributed by atoms with Gasteiger partial charge < -0.3 is 14.5 Å². The van der Waals surface area contributed by atoms with Gasteiger partial charge in [0.1, 0.15) is 35.3 Å². The molecular weight excluding hydrogens is 569 g/mol. The van der Waals surface area contributed by atoms with Crippen LogP contribution in [0.15, 0.2) is 53.3 Å². The van der Waals surface area contributed by atoms with Crippen LogP contribution in [0.2, 0.25) is 0 Å².